The van der Waals surface area contributed by atoms with Crippen molar-refractivity contribution in [3.05, 3.63) is 23.3 Å². The maximum atomic E-state index is 3.48. The average Bonchev–Trinajstić information content (AvgIpc) is 2.22. The molecule has 0 heterocycles. The molecule has 0 atom stereocenters. The Balaban J connectivity index is 3.47. The summed E-state index contributed by atoms with van der Waals surface area (Å²) in [5.74, 6) is 0.832. The minimum atomic E-state index is 0.832. The third kappa shape index (κ3) is 13.4. The van der Waals surface area contributed by atoms with Crippen molar-refractivity contribution in [2.45, 2.75) is 60.3 Å². The zero-order chi connectivity index (χ0) is 13.1. The first-order valence-electron chi connectivity index (χ1n) is 7.02. The summed E-state index contributed by atoms with van der Waals surface area (Å²) >= 11 is 0. The van der Waals surface area contributed by atoms with Crippen molar-refractivity contribution >= 4 is 0 Å². The highest BCUT2D eigenvalue weighted by Gasteiger charge is 1.93. The molecule has 0 aromatic carbocycles. The van der Waals surface area contributed by atoms with Gasteiger partial charge in [-0.3, -0.25) is 0 Å². The first-order chi connectivity index (χ1) is 8.02. The molecule has 0 aliphatic carbocycles. The van der Waals surface area contributed by atoms with Gasteiger partial charge in [-0.2, -0.15) is 0 Å². The van der Waals surface area contributed by atoms with Crippen molar-refractivity contribution in [3.63, 3.8) is 0 Å². The molecule has 0 rings (SSSR count). The van der Waals surface area contributed by atoms with Gasteiger partial charge in [-0.15, -0.1) is 0 Å². The quantitative estimate of drug-likeness (QED) is 0.452. The van der Waals surface area contributed by atoms with Crippen LogP contribution in [0.4, 0.5) is 0 Å². The highest BCUT2D eigenvalue weighted by Crippen LogP contribution is 2.06. The zero-order valence-electron chi connectivity index (χ0n) is 12.5. The number of hydrogen-bond acceptors (Lipinski definition) is 1. The van der Waals surface area contributed by atoms with Gasteiger partial charge in [0.15, 0.2) is 0 Å². The van der Waals surface area contributed by atoms with Crippen LogP contribution in [0.25, 0.3) is 0 Å². The van der Waals surface area contributed by atoms with Crippen LogP contribution < -0.4 is 5.32 Å². The van der Waals surface area contributed by atoms with E-state index >= 15 is 0 Å². The number of hydrogen-bond donors (Lipinski definition) is 1. The minimum absolute atomic E-state index is 0.832. The van der Waals surface area contributed by atoms with Gasteiger partial charge >= 0.3 is 0 Å². The zero-order valence-corrected chi connectivity index (χ0v) is 12.5. The van der Waals surface area contributed by atoms with E-state index in [1.807, 2.05) is 0 Å². The summed E-state index contributed by atoms with van der Waals surface area (Å²) in [4.78, 5) is 0. The molecule has 100 valence electrons. The first kappa shape index (κ1) is 16.4. The van der Waals surface area contributed by atoms with Gasteiger partial charge < -0.3 is 5.32 Å². The van der Waals surface area contributed by atoms with Gasteiger partial charge in [0.05, 0.1) is 0 Å². The molecule has 1 heteroatoms. The minimum Gasteiger partial charge on any atom is -0.313 e. The lowest BCUT2D eigenvalue weighted by atomic mass is 10.1. The van der Waals surface area contributed by atoms with Crippen LogP contribution in [-0.4, -0.2) is 13.1 Å². The predicted octanol–water partition coefficient (Wildman–Crippen LogP) is 4.70. The van der Waals surface area contributed by atoms with E-state index in [1.54, 1.807) is 0 Å². The van der Waals surface area contributed by atoms with Crippen LogP contribution in [0.5, 0.6) is 0 Å². The van der Waals surface area contributed by atoms with E-state index < -0.39 is 0 Å². The van der Waals surface area contributed by atoms with E-state index in [-0.39, 0.29) is 0 Å². The van der Waals surface area contributed by atoms with Gasteiger partial charge in [0.2, 0.25) is 0 Å². The fraction of sp³-hybridized carbons (Fsp3) is 0.750. The molecule has 0 aromatic rings. The van der Waals surface area contributed by atoms with E-state index in [9.17, 15) is 0 Å². The molecule has 0 aromatic heterocycles. The molecule has 0 amide bonds. The predicted molar refractivity (Wildman–Crippen MR) is 79.4 cm³/mol. The lowest BCUT2D eigenvalue weighted by Crippen LogP contribution is -2.15. The van der Waals surface area contributed by atoms with E-state index in [4.69, 9.17) is 0 Å². The highest BCUT2D eigenvalue weighted by atomic mass is 14.8. The summed E-state index contributed by atoms with van der Waals surface area (Å²) in [6, 6.07) is 0. The maximum Gasteiger partial charge on any atom is 0.0137 e. The van der Waals surface area contributed by atoms with Crippen molar-refractivity contribution in [1.29, 1.82) is 0 Å². The van der Waals surface area contributed by atoms with Gasteiger partial charge in [0, 0.05) is 6.54 Å². The summed E-state index contributed by atoms with van der Waals surface area (Å²) in [5, 5.41) is 3.48. The summed E-state index contributed by atoms with van der Waals surface area (Å²) in [6.07, 6.45) is 9.64. The smallest absolute Gasteiger partial charge is 0.0137 e. The standard InChI is InChI=1S/C16H31N/c1-14(2)8-6-10-16(5)11-13-17-12-7-9-15(3)4/h8,11,15,17H,6-7,9-10,12-13H2,1-5H3/b16-11+. The number of nitrogens with one attached hydrogen (secondary N) is 1. The highest BCUT2D eigenvalue weighted by molar-refractivity contribution is 5.02. The molecule has 0 saturated heterocycles. The van der Waals surface area contributed by atoms with Crippen LogP contribution in [0, 0.1) is 5.92 Å². The number of allylic oxidation sites excluding steroid dienone is 3. The molecule has 0 unspecified atom stereocenters. The van der Waals surface area contributed by atoms with Gasteiger partial charge in [-0.1, -0.05) is 37.1 Å². The van der Waals surface area contributed by atoms with Gasteiger partial charge in [-0.05, 0) is 58.9 Å². The van der Waals surface area contributed by atoms with Crippen molar-refractivity contribution in [1.82, 2.24) is 5.32 Å². The van der Waals surface area contributed by atoms with Gasteiger partial charge in [-0.25, -0.2) is 0 Å². The Labute approximate surface area is 108 Å². The van der Waals surface area contributed by atoms with E-state index in [0.29, 0.717) is 0 Å². The Bertz CT molecular complexity index is 232. The molecular formula is C16H31N. The summed E-state index contributed by atoms with van der Waals surface area (Å²) in [7, 11) is 0. The van der Waals surface area contributed by atoms with Gasteiger partial charge in [0.25, 0.3) is 0 Å². The first-order valence-corrected chi connectivity index (χ1v) is 7.02. The largest absolute Gasteiger partial charge is 0.313 e. The molecule has 1 nitrogen and oxygen atoms in total. The molecule has 0 radical (unpaired) electrons. The summed E-state index contributed by atoms with van der Waals surface area (Å²) in [6.45, 7) is 13.3. The maximum absolute atomic E-state index is 3.48. The van der Waals surface area contributed by atoms with Crippen molar-refractivity contribution < 1.29 is 0 Å². The van der Waals surface area contributed by atoms with E-state index in [2.05, 4.69) is 52.1 Å². The summed E-state index contributed by atoms with van der Waals surface area (Å²) in [5.41, 5.74) is 2.92. The normalized spacial score (nSPS) is 12.0. The Morgan fingerprint density at radius 1 is 1.12 bits per heavy atom. The van der Waals surface area contributed by atoms with Crippen molar-refractivity contribution in [2.75, 3.05) is 13.1 Å². The second-order valence-corrected chi connectivity index (χ2v) is 5.61. The SMILES string of the molecule is CC(C)=CCC/C(C)=C/CNCCCC(C)C. The van der Waals surface area contributed by atoms with Gasteiger partial charge in [0.1, 0.15) is 0 Å². The third-order valence-corrected chi connectivity index (χ3v) is 2.82. The topological polar surface area (TPSA) is 12.0 Å². The molecule has 1 N–H and O–H groups in total. The molecule has 0 fully saturated rings. The molecule has 0 aliphatic heterocycles. The fourth-order valence-corrected chi connectivity index (χ4v) is 1.67. The molecule has 0 bridgehead atoms. The van der Waals surface area contributed by atoms with Crippen LogP contribution >= 0.6 is 0 Å². The second-order valence-electron chi connectivity index (χ2n) is 5.61. The van der Waals surface area contributed by atoms with Crippen molar-refractivity contribution in [3.8, 4) is 0 Å². The Morgan fingerprint density at radius 2 is 1.82 bits per heavy atom. The molecule has 0 spiro atoms. The van der Waals surface area contributed by atoms with Crippen LogP contribution in [0.1, 0.15) is 60.3 Å². The lowest BCUT2D eigenvalue weighted by molar-refractivity contribution is 0.536. The second kappa shape index (κ2) is 10.6. The van der Waals surface area contributed by atoms with Crippen LogP contribution in [0.15, 0.2) is 23.3 Å². The molecular weight excluding hydrogens is 206 g/mol. The monoisotopic (exact) mass is 237 g/mol. The summed E-state index contributed by atoms with van der Waals surface area (Å²) < 4.78 is 0. The molecule has 0 aliphatic rings. The Morgan fingerprint density at radius 3 is 2.41 bits per heavy atom. The lowest BCUT2D eigenvalue weighted by Gasteiger charge is -2.05. The Hall–Kier alpha value is -0.560. The van der Waals surface area contributed by atoms with Crippen LogP contribution in [-0.2, 0) is 0 Å². The molecule has 17 heavy (non-hydrogen) atoms. The van der Waals surface area contributed by atoms with Crippen LogP contribution in [0.3, 0.4) is 0 Å². The van der Waals surface area contributed by atoms with E-state index in [1.165, 1.54) is 36.8 Å². The molecule has 0 saturated carbocycles. The van der Waals surface area contributed by atoms with Crippen molar-refractivity contribution in [2.24, 2.45) is 5.92 Å². The van der Waals surface area contributed by atoms with E-state index in [0.717, 1.165) is 19.0 Å². The Kier molecular flexibility index (Phi) is 10.2. The fourth-order valence-electron chi connectivity index (χ4n) is 1.67. The third-order valence-electron chi connectivity index (χ3n) is 2.82. The average molecular weight is 237 g/mol. The van der Waals surface area contributed by atoms with Crippen LogP contribution in [0.2, 0.25) is 0 Å². The number of rotatable bonds is 9.